The highest BCUT2D eigenvalue weighted by atomic mass is 16.2. The number of aromatic nitrogens is 2. The lowest BCUT2D eigenvalue weighted by atomic mass is 10.2. The molecule has 2 N–H and O–H groups in total. The maximum Gasteiger partial charge on any atom is 0.323 e. The zero-order chi connectivity index (χ0) is 13.3. The second-order valence-corrected chi connectivity index (χ2v) is 4.18. The Morgan fingerprint density at radius 3 is 2.56 bits per heavy atom. The average Bonchev–Trinajstić information content (AvgIpc) is 2.67. The number of amides is 1. The van der Waals surface area contributed by atoms with E-state index in [1.807, 2.05) is 0 Å². The quantitative estimate of drug-likeness (QED) is 0.770. The molecule has 6 heteroatoms. The van der Waals surface area contributed by atoms with Gasteiger partial charge >= 0.3 is 5.69 Å². The van der Waals surface area contributed by atoms with Crippen molar-refractivity contribution in [1.29, 1.82) is 0 Å². The zero-order valence-corrected chi connectivity index (χ0v) is 10.1. The number of nitrogens with one attached hydrogen (secondary N) is 2. The number of rotatable bonds is 3. The first-order chi connectivity index (χ1) is 8.47. The fraction of sp³-hybridized carbons (Fsp3) is 0.250. The highest BCUT2D eigenvalue weighted by molar-refractivity contribution is 6.34. The molecule has 2 aromatic rings. The van der Waals surface area contributed by atoms with Crippen molar-refractivity contribution >= 4 is 22.7 Å². The number of Topliss-reactive ketones (excluding diaryl/α,β-unsaturated/α-hetero) is 1. The van der Waals surface area contributed by atoms with Gasteiger partial charge in [-0.05, 0) is 17.7 Å². The third kappa shape index (κ3) is 2.32. The molecule has 0 saturated carbocycles. The van der Waals surface area contributed by atoms with E-state index >= 15 is 0 Å². The molecule has 1 aromatic carbocycles. The van der Waals surface area contributed by atoms with Crippen LogP contribution in [0.4, 0.5) is 0 Å². The van der Waals surface area contributed by atoms with Crippen LogP contribution in [0, 0.1) is 0 Å². The van der Waals surface area contributed by atoms with Gasteiger partial charge in [0.1, 0.15) is 0 Å². The van der Waals surface area contributed by atoms with Crippen LogP contribution in [0.2, 0.25) is 0 Å². The Morgan fingerprint density at radius 1 is 1.22 bits per heavy atom. The molecule has 94 valence electrons. The zero-order valence-electron chi connectivity index (χ0n) is 10.1. The van der Waals surface area contributed by atoms with Crippen LogP contribution in [0.25, 0.3) is 11.0 Å². The van der Waals surface area contributed by atoms with E-state index in [4.69, 9.17) is 0 Å². The van der Waals surface area contributed by atoms with Gasteiger partial charge in [-0.3, -0.25) is 9.59 Å². The molecule has 2 rings (SSSR count). The first-order valence-corrected chi connectivity index (χ1v) is 5.44. The Hall–Kier alpha value is -2.37. The normalized spacial score (nSPS) is 10.6. The molecule has 0 aliphatic carbocycles. The van der Waals surface area contributed by atoms with E-state index in [9.17, 15) is 14.4 Å². The number of carbonyl (C=O) groups is 2. The van der Waals surface area contributed by atoms with Crippen LogP contribution in [0.3, 0.4) is 0 Å². The number of hydrogen-bond acceptors (Lipinski definition) is 3. The molecule has 0 fully saturated rings. The van der Waals surface area contributed by atoms with Gasteiger partial charge in [0.05, 0.1) is 11.0 Å². The summed E-state index contributed by atoms with van der Waals surface area (Å²) in [6, 6.07) is 5.34. The molecule has 0 saturated heterocycles. The fourth-order valence-electron chi connectivity index (χ4n) is 1.79. The van der Waals surface area contributed by atoms with Gasteiger partial charge in [-0.25, -0.2) is 4.79 Å². The van der Waals surface area contributed by atoms with Gasteiger partial charge in [0.15, 0.2) is 0 Å². The van der Waals surface area contributed by atoms with Gasteiger partial charge < -0.3 is 14.9 Å². The van der Waals surface area contributed by atoms with Crippen LogP contribution in [0.1, 0.15) is 12.5 Å². The molecule has 1 aromatic heterocycles. The summed E-state index contributed by atoms with van der Waals surface area (Å²) in [6.45, 7) is 1.56. The summed E-state index contributed by atoms with van der Waals surface area (Å²) in [4.78, 5) is 40.1. The van der Waals surface area contributed by atoms with E-state index in [-0.39, 0.29) is 5.69 Å². The standard InChI is InChI=1S/C12H13N3O3/c1-7(16)11(17)15(2)6-8-3-4-9-10(5-8)14-12(18)13-9/h3-5H,6H2,1-2H3,(H2,13,14,18). The first kappa shape index (κ1) is 12.1. The second kappa shape index (κ2) is 4.48. The van der Waals surface area contributed by atoms with Gasteiger partial charge in [-0.1, -0.05) is 6.07 Å². The Bertz CT molecular complexity index is 669. The van der Waals surface area contributed by atoms with Crippen molar-refractivity contribution in [2.24, 2.45) is 0 Å². The van der Waals surface area contributed by atoms with Gasteiger partial charge in [-0.2, -0.15) is 0 Å². The Morgan fingerprint density at radius 2 is 1.89 bits per heavy atom. The molecule has 1 amide bonds. The fourth-order valence-corrected chi connectivity index (χ4v) is 1.79. The molecule has 6 nitrogen and oxygen atoms in total. The molecule has 1 heterocycles. The van der Waals surface area contributed by atoms with E-state index in [2.05, 4.69) is 9.97 Å². The van der Waals surface area contributed by atoms with Crippen LogP contribution in [0.5, 0.6) is 0 Å². The minimum absolute atomic E-state index is 0.268. The van der Waals surface area contributed by atoms with Crippen molar-refractivity contribution in [1.82, 2.24) is 14.9 Å². The van der Waals surface area contributed by atoms with E-state index < -0.39 is 11.7 Å². The molecule has 0 unspecified atom stereocenters. The smallest absolute Gasteiger partial charge is 0.323 e. The van der Waals surface area contributed by atoms with Crippen LogP contribution in [0.15, 0.2) is 23.0 Å². The number of imidazole rings is 1. The van der Waals surface area contributed by atoms with Crippen LogP contribution < -0.4 is 5.69 Å². The van der Waals surface area contributed by atoms with Crippen molar-refractivity contribution in [2.75, 3.05) is 7.05 Å². The topological polar surface area (TPSA) is 86.0 Å². The monoisotopic (exact) mass is 247 g/mol. The van der Waals surface area contributed by atoms with Gasteiger partial charge in [0.2, 0.25) is 5.78 Å². The molecule has 18 heavy (non-hydrogen) atoms. The Balaban J connectivity index is 2.24. The van der Waals surface area contributed by atoms with Gasteiger partial charge in [0, 0.05) is 20.5 Å². The molecule has 0 aliphatic heterocycles. The first-order valence-electron chi connectivity index (χ1n) is 5.44. The maximum atomic E-state index is 11.4. The summed E-state index contributed by atoms with van der Waals surface area (Å²) in [7, 11) is 1.56. The largest absolute Gasteiger partial charge is 0.335 e. The number of H-pyrrole nitrogens is 2. The van der Waals surface area contributed by atoms with Gasteiger partial charge in [0.25, 0.3) is 5.91 Å². The lowest BCUT2D eigenvalue weighted by Crippen LogP contribution is -2.31. The van der Waals surface area contributed by atoms with E-state index in [0.717, 1.165) is 5.56 Å². The predicted molar refractivity (Wildman–Crippen MR) is 66.1 cm³/mol. The average molecular weight is 247 g/mol. The molecular weight excluding hydrogens is 234 g/mol. The highest BCUT2D eigenvalue weighted by Crippen LogP contribution is 2.11. The van der Waals surface area contributed by atoms with E-state index in [1.165, 1.54) is 11.8 Å². The number of nitrogens with zero attached hydrogens (tertiary/aromatic N) is 1. The summed E-state index contributed by atoms with van der Waals surface area (Å²) in [5.74, 6) is -1.02. The van der Waals surface area contributed by atoms with Crippen LogP contribution in [-0.4, -0.2) is 33.6 Å². The maximum absolute atomic E-state index is 11.4. The van der Waals surface area contributed by atoms with Crippen molar-refractivity contribution in [3.8, 4) is 0 Å². The minimum atomic E-state index is -0.530. The Labute approximate surface area is 103 Å². The van der Waals surface area contributed by atoms with Crippen molar-refractivity contribution < 1.29 is 9.59 Å². The molecule has 0 spiro atoms. The summed E-state index contributed by atoms with van der Waals surface area (Å²) in [5.41, 5.74) is 1.97. The van der Waals surface area contributed by atoms with Crippen molar-refractivity contribution in [3.63, 3.8) is 0 Å². The third-order valence-corrected chi connectivity index (χ3v) is 2.65. The number of carbonyl (C=O) groups excluding carboxylic acids is 2. The van der Waals surface area contributed by atoms with Crippen molar-refractivity contribution in [3.05, 3.63) is 34.2 Å². The van der Waals surface area contributed by atoms with Crippen LogP contribution in [-0.2, 0) is 16.1 Å². The lowest BCUT2D eigenvalue weighted by Gasteiger charge is -2.15. The van der Waals surface area contributed by atoms with Crippen molar-refractivity contribution in [2.45, 2.75) is 13.5 Å². The molecule has 0 radical (unpaired) electrons. The number of hydrogen-bond donors (Lipinski definition) is 2. The summed E-state index contributed by atoms with van der Waals surface area (Å²) in [5, 5.41) is 0. The number of benzene rings is 1. The summed E-state index contributed by atoms with van der Waals surface area (Å²) in [6.07, 6.45) is 0. The third-order valence-electron chi connectivity index (χ3n) is 2.65. The highest BCUT2D eigenvalue weighted by Gasteiger charge is 2.14. The number of fused-ring (bicyclic) bond motifs is 1. The summed E-state index contributed by atoms with van der Waals surface area (Å²) < 4.78 is 0. The van der Waals surface area contributed by atoms with E-state index in [0.29, 0.717) is 17.6 Å². The summed E-state index contributed by atoms with van der Waals surface area (Å²) >= 11 is 0. The predicted octanol–water partition coefficient (Wildman–Crippen LogP) is 0.404. The lowest BCUT2D eigenvalue weighted by molar-refractivity contribution is -0.143. The molecule has 0 atom stereocenters. The number of ketones is 1. The second-order valence-electron chi connectivity index (χ2n) is 4.18. The molecule has 0 bridgehead atoms. The Kier molecular flexibility index (Phi) is 3.01. The molecular formula is C12H13N3O3. The molecule has 0 aliphatic rings. The van der Waals surface area contributed by atoms with E-state index in [1.54, 1.807) is 25.2 Å². The SMILES string of the molecule is CC(=O)C(=O)N(C)Cc1ccc2[nH]c(=O)[nH]c2c1. The minimum Gasteiger partial charge on any atom is -0.335 e. The van der Waals surface area contributed by atoms with Gasteiger partial charge in [-0.15, -0.1) is 0 Å². The number of aromatic amines is 2. The number of likely N-dealkylation sites (N-methyl/N-ethyl adjacent to an activating group) is 1. The van der Waals surface area contributed by atoms with Crippen LogP contribution >= 0.6 is 0 Å².